The number of aromatic nitrogens is 2. The molecular weight excluding hydrogens is 366 g/mol. The predicted molar refractivity (Wildman–Crippen MR) is 117 cm³/mol. The van der Waals surface area contributed by atoms with Gasteiger partial charge in [-0.15, -0.1) is 0 Å². The number of aryl methyl sites for hydroxylation is 1. The van der Waals surface area contributed by atoms with Crippen molar-refractivity contribution < 1.29 is 0 Å². The van der Waals surface area contributed by atoms with E-state index in [0.29, 0.717) is 0 Å². The predicted octanol–water partition coefficient (Wildman–Crippen LogP) is 5.70. The van der Waals surface area contributed by atoms with E-state index in [1.807, 2.05) is 67.8 Å². The Kier molecular flexibility index (Phi) is 4.97. The van der Waals surface area contributed by atoms with Crippen molar-refractivity contribution in [3.8, 4) is 23.0 Å². The molecule has 4 heteroatoms. The van der Waals surface area contributed by atoms with Crippen molar-refractivity contribution in [2.45, 2.75) is 6.92 Å². The van der Waals surface area contributed by atoms with E-state index in [9.17, 15) is 0 Å². The van der Waals surface area contributed by atoms with Crippen molar-refractivity contribution in [3.05, 3.63) is 88.7 Å². The third-order valence-electron chi connectivity index (χ3n) is 4.55. The van der Waals surface area contributed by atoms with E-state index in [-0.39, 0.29) is 0 Å². The van der Waals surface area contributed by atoms with E-state index in [2.05, 4.69) is 40.1 Å². The van der Waals surface area contributed by atoms with Gasteiger partial charge in [-0.3, -0.25) is 0 Å². The van der Waals surface area contributed by atoms with Crippen molar-refractivity contribution >= 4 is 28.3 Å². The summed E-state index contributed by atoms with van der Waals surface area (Å²) in [7, 11) is 1.87. The maximum Gasteiger partial charge on any atom is 0.126 e. The fourth-order valence-corrected chi connectivity index (χ4v) is 3.14. The minimum atomic E-state index is 0.724. The quantitative estimate of drug-likeness (QED) is 0.451. The van der Waals surface area contributed by atoms with Gasteiger partial charge in [-0.1, -0.05) is 35.7 Å². The lowest BCUT2D eigenvalue weighted by Crippen LogP contribution is -1.94. The summed E-state index contributed by atoms with van der Waals surface area (Å²) in [5.74, 6) is 7.21. The van der Waals surface area contributed by atoms with Gasteiger partial charge in [-0.05, 0) is 66.4 Å². The van der Waals surface area contributed by atoms with Crippen LogP contribution in [-0.4, -0.2) is 17.0 Å². The molecule has 0 saturated heterocycles. The molecule has 136 valence electrons. The number of rotatable bonds is 2. The van der Waals surface area contributed by atoms with Gasteiger partial charge in [0, 0.05) is 34.8 Å². The Morgan fingerprint density at radius 3 is 2.39 bits per heavy atom. The monoisotopic (exact) mass is 383 g/mol. The first kappa shape index (κ1) is 18.0. The number of hydrogen-bond donors (Lipinski definition) is 1. The van der Waals surface area contributed by atoms with Gasteiger partial charge >= 0.3 is 0 Å². The maximum atomic E-state index is 5.94. The molecule has 2 aromatic heterocycles. The maximum absolute atomic E-state index is 5.94. The summed E-state index contributed by atoms with van der Waals surface area (Å²) < 4.78 is 0. The van der Waals surface area contributed by atoms with Crippen LogP contribution in [0.5, 0.6) is 0 Å². The summed E-state index contributed by atoms with van der Waals surface area (Å²) in [4.78, 5) is 9.05. The first-order chi connectivity index (χ1) is 13.6. The van der Waals surface area contributed by atoms with Crippen molar-refractivity contribution in [1.82, 2.24) is 9.97 Å². The number of anilines is 1. The van der Waals surface area contributed by atoms with Crippen LogP contribution in [0.15, 0.2) is 66.9 Å². The highest BCUT2D eigenvalue weighted by molar-refractivity contribution is 6.30. The fraction of sp³-hybridized carbons (Fsp3) is 0.0833. The zero-order valence-corrected chi connectivity index (χ0v) is 16.4. The van der Waals surface area contributed by atoms with Gasteiger partial charge in [-0.2, -0.15) is 0 Å². The molecule has 0 unspecified atom stereocenters. The molecule has 0 bridgehead atoms. The lowest BCUT2D eigenvalue weighted by molar-refractivity contribution is 1.29. The van der Waals surface area contributed by atoms with Crippen LogP contribution in [0, 0.1) is 18.8 Å². The molecule has 0 aliphatic heterocycles. The molecular formula is C24H18ClN3. The lowest BCUT2D eigenvalue weighted by Gasteiger charge is -2.06. The average Bonchev–Trinajstić information content (AvgIpc) is 2.73. The number of fused-ring (bicyclic) bond motifs is 1. The standard InChI is InChI=1S/C24H18ClN3/c1-16-13-24(26-2)28-23-12-4-17(14-22(16)23)3-10-21-11-7-19(15-27-21)18-5-8-20(25)9-6-18/h4-9,11-15H,1-2H3,(H,26,28). The van der Waals surface area contributed by atoms with Gasteiger partial charge < -0.3 is 5.32 Å². The van der Waals surface area contributed by atoms with Gasteiger partial charge in [0.1, 0.15) is 11.5 Å². The Bertz CT molecular complexity index is 1200. The zero-order valence-electron chi connectivity index (χ0n) is 15.6. The molecule has 2 aromatic carbocycles. The second-order valence-electron chi connectivity index (χ2n) is 6.50. The second-order valence-corrected chi connectivity index (χ2v) is 6.93. The molecule has 0 aliphatic carbocycles. The molecule has 2 heterocycles. The van der Waals surface area contributed by atoms with Crippen LogP contribution in [0.25, 0.3) is 22.0 Å². The Morgan fingerprint density at radius 1 is 0.893 bits per heavy atom. The van der Waals surface area contributed by atoms with Crippen molar-refractivity contribution in [1.29, 1.82) is 0 Å². The van der Waals surface area contributed by atoms with Crippen LogP contribution in [-0.2, 0) is 0 Å². The zero-order chi connectivity index (χ0) is 19.5. The normalized spacial score (nSPS) is 10.4. The minimum absolute atomic E-state index is 0.724. The smallest absolute Gasteiger partial charge is 0.126 e. The molecule has 0 radical (unpaired) electrons. The van der Waals surface area contributed by atoms with Gasteiger partial charge in [0.15, 0.2) is 0 Å². The summed E-state index contributed by atoms with van der Waals surface area (Å²) in [6.07, 6.45) is 1.83. The molecule has 1 N–H and O–H groups in total. The van der Waals surface area contributed by atoms with Crippen LogP contribution in [0.3, 0.4) is 0 Å². The third-order valence-corrected chi connectivity index (χ3v) is 4.80. The lowest BCUT2D eigenvalue weighted by atomic mass is 10.1. The molecule has 0 spiro atoms. The Balaban J connectivity index is 1.60. The number of halogens is 1. The summed E-state index contributed by atoms with van der Waals surface area (Å²) in [6, 6.07) is 19.8. The van der Waals surface area contributed by atoms with E-state index in [0.717, 1.165) is 44.1 Å². The molecule has 0 fully saturated rings. The van der Waals surface area contributed by atoms with Gasteiger partial charge in [0.25, 0.3) is 0 Å². The number of benzene rings is 2. The van der Waals surface area contributed by atoms with Gasteiger partial charge in [-0.25, -0.2) is 9.97 Å². The van der Waals surface area contributed by atoms with Crippen LogP contribution >= 0.6 is 11.6 Å². The Morgan fingerprint density at radius 2 is 1.68 bits per heavy atom. The van der Waals surface area contributed by atoms with Crippen LogP contribution < -0.4 is 5.32 Å². The van der Waals surface area contributed by atoms with E-state index >= 15 is 0 Å². The van der Waals surface area contributed by atoms with Crippen LogP contribution in [0.4, 0.5) is 5.82 Å². The van der Waals surface area contributed by atoms with E-state index in [1.165, 1.54) is 5.56 Å². The molecule has 0 amide bonds. The summed E-state index contributed by atoms with van der Waals surface area (Å²) in [5, 5.41) is 4.92. The van der Waals surface area contributed by atoms with E-state index in [4.69, 9.17) is 11.6 Å². The average molecular weight is 384 g/mol. The molecule has 4 rings (SSSR count). The molecule has 0 atom stereocenters. The number of pyridine rings is 2. The van der Waals surface area contributed by atoms with Gasteiger partial charge in [0.2, 0.25) is 0 Å². The first-order valence-corrected chi connectivity index (χ1v) is 9.33. The SMILES string of the molecule is CNc1cc(C)c2cc(C#Cc3ccc(-c4ccc(Cl)cc4)cn3)ccc2n1. The van der Waals surface area contributed by atoms with Crippen molar-refractivity contribution in [2.75, 3.05) is 12.4 Å². The molecule has 28 heavy (non-hydrogen) atoms. The highest BCUT2D eigenvalue weighted by atomic mass is 35.5. The van der Waals surface area contributed by atoms with Gasteiger partial charge in [0.05, 0.1) is 5.52 Å². The second kappa shape index (κ2) is 7.72. The highest BCUT2D eigenvalue weighted by Gasteiger charge is 2.03. The molecule has 3 nitrogen and oxygen atoms in total. The van der Waals surface area contributed by atoms with E-state index in [1.54, 1.807) is 0 Å². The molecule has 0 saturated carbocycles. The van der Waals surface area contributed by atoms with Crippen LogP contribution in [0.2, 0.25) is 5.02 Å². The summed E-state index contributed by atoms with van der Waals surface area (Å²) >= 11 is 5.94. The molecule has 4 aromatic rings. The number of nitrogens with zero attached hydrogens (tertiary/aromatic N) is 2. The van der Waals surface area contributed by atoms with E-state index < -0.39 is 0 Å². The Labute approximate surface area is 169 Å². The highest BCUT2D eigenvalue weighted by Crippen LogP contribution is 2.22. The number of hydrogen-bond acceptors (Lipinski definition) is 3. The first-order valence-electron chi connectivity index (χ1n) is 8.95. The number of nitrogens with one attached hydrogen (secondary N) is 1. The molecule has 0 aliphatic rings. The fourth-order valence-electron chi connectivity index (χ4n) is 3.02. The van der Waals surface area contributed by atoms with Crippen LogP contribution in [0.1, 0.15) is 16.8 Å². The minimum Gasteiger partial charge on any atom is -0.373 e. The van der Waals surface area contributed by atoms with Crippen molar-refractivity contribution in [3.63, 3.8) is 0 Å². The summed E-state index contributed by atoms with van der Waals surface area (Å²) in [5.41, 5.74) is 5.92. The summed E-state index contributed by atoms with van der Waals surface area (Å²) in [6.45, 7) is 2.08. The van der Waals surface area contributed by atoms with Crippen molar-refractivity contribution in [2.24, 2.45) is 0 Å². The Hall–Kier alpha value is -3.35. The topological polar surface area (TPSA) is 37.8 Å². The largest absolute Gasteiger partial charge is 0.373 e. The third kappa shape index (κ3) is 3.83.